The quantitative estimate of drug-likeness (QED) is 0.0222. The van der Waals surface area contributed by atoms with Gasteiger partial charge in [-0.2, -0.15) is 0 Å². The summed E-state index contributed by atoms with van der Waals surface area (Å²) in [6.45, 7) is 7.42. The molecule has 6 atom stereocenters. The van der Waals surface area contributed by atoms with Crippen molar-refractivity contribution in [1.29, 1.82) is 0 Å². The molecule has 0 amide bonds. The molecule has 0 aromatic rings. The molecule has 0 aromatic carbocycles. The van der Waals surface area contributed by atoms with Crippen LogP contribution in [0.25, 0.3) is 0 Å². The Morgan fingerprint density at radius 1 is 0.272 bits per heavy atom. The number of hydrogen-bond donors (Lipinski definition) is 3. The molecule has 0 saturated heterocycles. The Morgan fingerprint density at radius 2 is 0.466 bits per heavy atom. The maximum Gasteiger partial charge on any atom is 0.472 e. The number of carbonyl (C=O) groups is 4. The molecular weight excluding hydrogens is 1340 g/mol. The number of phosphoric acid groups is 2. The van der Waals surface area contributed by atoms with Crippen LogP contribution in [0.5, 0.6) is 0 Å². The van der Waals surface area contributed by atoms with E-state index in [0.29, 0.717) is 25.7 Å². The number of esters is 4. The molecule has 0 rings (SSSR count). The van der Waals surface area contributed by atoms with Gasteiger partial charge in [-0.1, -0.05) is 401 Å². The number of rotatable bonds is 84. The molecule has 0 heterocycles. The average Bonchev–Trinajstić information content (AvgIpc) is 0.955. The number of carbonyl (C=O) groups excluding carboxylic acids is 4. The molecule has 0 aliphatic rings. The number of aliphatic hydroxyl groups is 1. The highest BCUT2D eigenvalue weighted by Gasteiger charge is 2.30. The average molecular weight is 1510 g/mol. The first kappa shape index (κ1) is 101. The van der Waals surface area contributed by atoms with E-state index in [0.717, 1.165) is 95.8 Å². The minimum Gasteiger partial charge on any atom is -0.462 e. The van der Waals surface area contributed by atoms with Crippen molar-refractivity contribution in [1.82, 2.24) is 0 Å². The number of hydrogen-bond acceptors (Lipinski definition) is 15. The van der Waals surface area contributed by atoms with Crippen molar-refractivity contribution in [2.45, 2.75) is 470 Å². The van der Waals surface area contributed by atoms with E-state index in [1.807, 2.05) is 0 Å². The van der Waals surface area contributed by atoms with E-state index in [1.165, 1.54) is 276 Å². The number of aliphatic hydroxyl groups excluding tert-OH is 1. The third-order valence-corrected chi connectivity index (χ3v) is 22.0. The van der Waals surface area contributed by atoms with Gasteiger partial charge >= 0.3 is 39.5 Å². The lowest BCUT2D eigenvalue weighted by atomic mass is 9.99. The molecule has 19 heteroatoms. The van der Waals surface area contributed by atoms with Crippen LogP contribution in [0, 0.1) is 5.92 Å². The minimum atomic E-state index is -4.96. The molecule has 612 valence electrons. The summed E-state index contributed by atoms with van der Waals surface area (Å²) in [4.78, 5) is 73.2. The van der Waals surface area contributed by atoms with Gasteiger partial charge in [-0.05, 0) is 31.6 Å². The standard InChI is InChI=1S/C84H164O17P2/c1-6-10-13-16-19-22-25-28-29-30-31-32-33-40-45-50-55-60-65-70-84(89)101-80(74-95-82(87)68-63-58-53-48-43-39-35-34-38-41-46-51-56-61-66-77(5)9-4)76-99-103(92,93)97-72-78(85)71-96-102(90,91)98-75-79(100-83(88)69-64-59-54-49-44-37-27-24-21-18-15-12-8-3)73-94-81(86)67-62-57-52-47-42-36-26-23-20-17-14-11-7-2/h77-80,85H,6-76H2,1-5H3,(H,90,91)(H,92,93)/t77?,78-,79+,80+/m0/s1. The number of phosphoric ester groups is 2. The van der Waals surface area contributed by atoms with E-state index >= 15 is 0 Å². The molecule has 103 heavy (non-hydrogen) atoms. The van der Waals surface area contributed by atoms with Gasteiger partial charge in [0.05, 0.1) is 26.4 Å². The molecule has 17 nitrogen and oxygen atoms in total. The fourth-order valence-electron chi connectivity index (χ4n) is 13.1. The van der Waals surface area contributed by atoms with Gasteiger partial charge in [-0.3, -0.25) is 37.3 Å². The van der Waals surface area contributed by atoms with Gasteiger partial charge in [-0.25, -0.2) is 9.13 Å². The molecule has 3 N–H and O–H groups in total. The van der Waals surface area contributed by atoms with Crippen LogP contribution in [0.3, 0.4) is 0 Å². The van der Waals surface area contributed by atoms with Gasteiger partial charge in [0.25, 0.3) is 0 Å². The van der Waals surface area contributed by atoms with E-state index in [1.54, 1.807) is 0 Å². The Balaban J connectivity index is 5.25. The van der Waals surface area contributed by atoms with Crippen LogP contribution in [0.15, 0.2) is 0 Å². The van der Waals surface area contributed by atoms with Crippen LogP contribution in [0.2, 0.25) is 0 Å². The molecule has 0 aliphatic carbocycles. The van der Waals surface area contributed by atoms with Crippen molar-refractivity contribution in [3.05, 3.63) is 0 Å². The highest BCUT2D eigenvalue weighted by Crippen LogP contribution is 2.45. The summed E-state index contributed by atoms with van der Waals surface area (Å²) in [5.41, 5.74) is 0. The largest absolute Gasteiger partial charge is 0.472 e. The summed E-state index contributed by atoms with van der Waals surface area (Å²) in [5.74, 6) is -1.25. The van der Waals surface area contributed by atoms with Crippen LogP contribution < -0.4 is 0 Å². The van der Waals surface area contributed by atoms with Gasteiger partial charge in [0.2, 0.25) is 0 Å². The normalized spacial score (nSPS) is 14.1. The smallest absolute Gasteiger partial charge is 0.462 e. The van der Waals surface area contributed by atoms with E-state index in [9.17, 15) is 43.2 Å². The Hall–Kier alpha value is -1.94. The lowest BCUT2D eigenvalue weighted by molar-refractivity contribution is -0.161. The van der Waals surface area contributed by atoms with Crippen molar-refractivity contribution in [2.75, 3.05) is 39.6 Å². The van der Waals surface area contributed by atoms with E-state index in [2.05, 4.69) is 34.6 Å². The third kappa shape index (κ3) is 76.6. The second kappa shape index (κ2) is 76.8. The van der Waals surface area contributed by atoms with Gasteiger partial charge in [-0.15, -0.1) is 0 Å². The third-order valence-electron chi connectivity index (χ3n) is 20.1. The van der Waals surface area contributed by atoms with Crippen LogP contribution in [0.1, 0.15) is 452 Å². The lowest BCUT2D eigenvalue weighted by Crippen LogP contribution is -2.30. The number of unbranched alkanes of at least 4 members (excludes halogenated alkanes) is 55. The molecule has 0 aromatic heterocycles. The van der Waals surface area contributed by atoms with Gasteiger partial charge in [0.15, 0.2) is 12.2 Å². The predicted molar refractivity (Wildman–Crippen MR) is 423 cm³/mol. The van der Waals surface area contributed by atoms with Crippen LogP contribution in [-0.2, 0) is 65.4 Å². The Bertz CT molecular complexity index is 1960. The second-order valence-electron chi connectivity index (χ2n) is 30.5. The topological polar surface area (TPSA) is 237 Å². The molecule has 0 aliphatic heterocycles. The zero-order valence-electron chi connectivity index (χ0n) is 67.5. The Morgan fingerprint density at radius 3 is 0.689 bits per heavy atom. The summed E-state index contributed by atoms with van der Waals surface area (Å²) in [6, 6.07) is 0. The maximum atomic E-state index is 13.1. The van der Waals surface area contributed by atoms with Crippen molar-refractivity contribution in [2.24, 2.45) is 5.92 Å². The molecule has 0 saturated carbocycles. The van der Waals surface area contributed by atoms with Gasteiger partial charge < -0.3 is 33.8 Å². The highest BCUT2D eigenvalue weighted by atomic mass is 31.2. The Labute approximate surface area is 632 Å². The van der Waals surface area contributed by atoms with Crippen molar-refractivity contribution in [3.8, 4) is 0 Å². The first-order valence-electron chi connectivity index (χ1n) is 43.7. The van der Waals surface area contributed by atoms with E-state index in [4.69, 9.17) is 37.0 Å². The maximum absolute atomic E-state index is 13.1. The van der Waals surface area contributed by atoms with E-state index in [-0.39, 0.29) is 25.7 Å². The van der Waals surface area contributed by atoms with Crippen molar-refractivity contribution in [3.63, 3.8) is 0 Å². The minimum absolute atomic E-state index is 0.109. The molecule has 3 unspecified atom stereocenters. The fraction of sp³-hybridized carbons (Fsp3) is 0.952. The molecule has 0 radical (unpaired) electrons. The summed E-state index contributed by atoms with van der Waals surface area (Å²) < 4.78 is 68.9. The van der Waals surface area contributed by atoms with Gasteiger partial charge in [0.1, 0.15) is 19.3 Å². The van der Waals surface area contributed by atoms with Crippen molar-refractivity contribution >= 4 is 39.5 Å². The first-order chi connectivity index (χ1) is 50.1. The van der Waals surface area contributed by atoms with Crippen molar-refractivity contribution < 1.29 is 80.2 Å². The molecule has 0 spiro atoms. The first-order valence-corrected chi connectivity index (χ1v) is 46.7. The van der Waals surface area contributed by atoms with Crippen LogP contribution in [0.4, 0.5) is 0 Å². The lowest BCUT2D eigenvalue weighted by Gasteiger charge is -2.21. The predicted octanol–water partition coefficient (Wildman–Crippen LogP) is 25.6. The molecule has 0 fully saturated rings. The zero-order valence-corrected chi connectivity index (χ0v) is 69.3. The Kier molecular flexibility index (Phi) is 75.4. The van der Waals surface area contributed by atoms with Crippen LogP contribution >= 0.6 is 15.6 Å². The summed E-state index contributed by atoms with van der Waals surface area (Å²) >= 11 is 0. The van der Waals surface area contributed by atoms with Crippen LogP contribution in [-0.4, -0.2) is 96.7 Å². The van der Waals surface area contributed by atoms with Gasteiger partial charge in [0, 0.05) is 25.7 Å². The summed E-state index contributed by atoms with van der Waals surface area (Å²) in [7, 11) is -9.92. The summed E-state index contributed by atoms with van der Waals surface area (Å²) in [5, 5.41) is 10.7. The fourth-order valence-corrected chi connectivity index (χ4v) is 14.7. The number of ether oxygens (including phenoxy) is 4. The monoisotopic (exact) mass is 1510 g/mol. The second-order valence-corrected chi connectivity index (χ2v) is 33.4. The highest BCUT2D eigenvalue weighted by molar-refractivity contribution is 7.47. The summed E-state index contributed by atoms with van der Waals surface area (Å²) in [6.07, 6.45) is 69.2. The molecular formula is C84H164O17P2. The SMILES string of the molecule is CCCCCCCCCCCCCCCCCCCCCC(=O)O[C@H](COC(=O)CCCCCCCCCCCCCCCCC(C)CC)COP(=O)(O)OC[C@@H](O)COP(=O)(O)OC[C@@H](COC(=O)CCCCCCCCCCCCCCC)OC(=O)CCCCCCCCCCCCCCC. The van der Waals surface area contributed by atoms with E-state index < -0.39 is 97.5 Å². The molecule has 0 bridgehead atoms. The zero-order chi connectivity index (χ0) is 75.5.